The number of anilines is 1. The summed E-state index contributed by atoms with van der Waals surface area (Å²) in [7, 11) is 0. The van der Waals surface area contributed by atoms with E-state index < -0.39 is 0 Å². The molecule has 0 bridgehead atoms. The molecular formula is C23H30N2O2. The molecule has 0 radical (unpaired) electrons. The highest BCUT2D eigenvalue weighted by Crippen LogP contribution is 2.37. The summed E-state index contributed by atoms with van der Waals surface area (Å²) in [5.74, 6) is 0.710. The first-order valence-electron chi connectivity index (χ1n) is 10.3. The lowest BCUT2D eigenvalue weighted by molar-refractivity contribution is -0.121. The molecule has 2 aromatic rings. The highest BCUT2D eigenvalue weighted by Gasteiger charge is 2.28. The number of nitrogens with one attached hydrogen (secondary N) is 1. The first-order valence-corrected chi connectivity index (χ1v) is 10.3. The van der Waals surface area contributed by atoms with E-state index in [0.717, 1.165) is 35.0 Å². The lowest BCUT2D eigenvalue weighted by Crippen LogP contribution is -2.31. The molecule has 144 valence electrons. The number of rotatable bonds is 10. The third-order valence-electron chi connectivity index (χ3n) is 5.57. The van der Waals surface area contributed by atoms with Crippen LogP contribution in [0.25, 0.3) is 10.8 Å². The summed E-state index contributed by atoms with van der Waals surface area (Å²) in [6.07, 6.45) is 5.83. The van der Waals surface area contributed by atoms with Crippen molar-refractivity contribution >= 4 is 28.3 Å². The van der Waals surface area contributed by atoms with Crippen molar-refractivity contribution in [2.45, 2.75) is 52.4 Å². The SMILES string of the molecule is CCCC[C@@H](CC)CNC(=O)CCCN1C(=O)c2cccc3cccc1c23. The molecule has 27 heavy (non-hydrogen) atoms. The fourth-order valence-corrected chi connectivity index (χ4v) is 3.89. The third kappa shape index (κ3) is 4.32. The second kappa shape index (κ2) is 9.03. The van der Waals surface area contributed by atoms with Crippen LogP contribution in [0.5, 0.6) is 0 Å². The van der Waals surface area contributed by atoms with E-state index in [-0.39, 0.29) is 11.8 Å². The van der Waals surface area contributed by atoms with Gasteiger partial charge in [-0.3, -0.25) is 9.59 Å². The number of hydrogen-bond donors (Lipinski definition) is 1. The number of amides is 2. The van der Waals surface area contributed by atoms with E-state index in [9.17, 15) is 9.59 Å². The second-order valence-corrected chi connectivity index (χ2v) is 7.46. The van der Waals surface area contributed by atoms with E-state index in [4.69, 9.17) is 0 Å². The van der Waals surface area contributed by atoms with Gasteiger partial charge in [-0.15, -0.1) is 0 Å². The monoisotopic (exact) mass is 366 g/mol. The van der Waals surface area contributed by atoms with Crippen molar-refractivity contribution < 1.29 is 9.59 Å². The van der Waals surface area contributed by atoms with Crippen molar-refractivity contribution in [2.24, 2.45) is 5.92 Å². The van der Waals surface area contributed by atoms with Crippen molar-refractivity contribution in [2.75, 3.05) is 18.0 Å². The van der Waals surface area contributed by atoms with Crippen LogP contribution in [0.1, 0.15) is 62.7 Å². The average Bonchev–Trinajstić information content (AvgIpc) is 2.96. The second-order valence-electron chi connectivity index (χ2n) is 7.46. The van der Waals surface area contributed by atoms with E-state index in [0.29, 0.717) is 25.3 Å². The Labute approximate surface area is 161 Å². The minimum Gasteiger partial charge on any atom is -0.356 e. The van der Waals surface area contributed by atoms with Gasteiger partial charge < -0.3 is 10.2 Å². The smallest absolute Gasteiger partial charge is 0.258 e. The molecule has 3 rings (SSSR count). The van der Waals surface area contributed by atoms with E-state index in [1.54, 1.807) is 0 Å². The maximum atomic E-state index is 12.7. The molecular weight excluding hydrogens is 336 g/mol. The maximum Gasteiger partial charge on any atom is 0.258 e. The fourth-order valence-electron chi connectivity index (χ4n) is 3.89. The number of unbranched alkanes of at least 4 members (excludes halogenated alkanes) is 1. The molecule has 4 heteroatoms. The molecule has 0 aliphatic carbocycles. The average molecular weight is 367 g/mol. The van der Waals surface area contributed by atoms with Crippen LogP contribution in [0.2, 0.25) is 0 Å². The van der Waals surface area contributed by atoms with Crippen molar-refractivity contribution in [3.63, 3.8) is 0 Å². The van der Waals surface area contributed by atoms with E-state index in [1.807, 2.05) is 41.3 Å². The van der Waals surface area contributed by atoms with Gasteiger partial charge in [0.1, 0.15) is 0 Å². The molecule has 0 saturated heterocycles. The van der Waals surface area contributed by atoms with E-state index in [2.05, 4.69) is 19.2 Å². The van der Waals surface area contributed by atoms with Crippen LogP contribution in [0.4, 0.5) is 5.69 Å². The molecule has 1 aliphatic heterocycles. The van der Waals surface area contributed by atoms with Crippen LogP contribution >= 0.6 is 0 Å². The highest BCUT2D eigenvalue weighted by atomic mass is 16.2. The minimum absolute atomic E-state index is 0.0489. The maximum absolute atomic E-state index is 12.7. The van der Waals surface area contributed by atoms with Gasteiger partial charge in [0.15, 0.2) is 0 Å². The van der Waals surface area contributed by atoms with Crippen molar-refractivity contribution in [1.29, 1.82) is 0 Å². The highest BCUT2D eigenvalue weighted by molar-refractivity contribution is 6.25. The van der Waals surface area contributed by atoms with Gasteiger partial charge >= 0.3 is 0 Å². The Morgan fingerprint density at radius 2 is 1.89 bits per heavy atom. The number of carbonyl (C=O) groups excluding carboxylic acids is 2. The summed E-state index contributed by atoms with van der Waals surface area (Å²) >= 11 is 0. The number of nitrogens with zero attached hydrogens (tertiary/aromatic N) is 1. The summed E-state index contributed by atoms with van der Waals surface area (Å²) in [6.45, 7) is 5.73. The zero-order chi connectivity index (χ0) is 19.2. The Hall–Kier alpha value is -2.36. The first kappa shape index (κ1) is 19.4. The lowest BCUT2D eigenvalue weighted by Gasteiger charge is -2.18. The molecule has 0 saturated carbocycles. The molecule has 1 atom stereocenters. The molecule has 1 aliphatic rings. The topological polar surface area (TPSA) is 49.4 Å². The number of hydrogen-bond acceptors (Lipinski definition) is 2. The standard InChI is InChI=1S/C23H30N2O2/c1-3-5-9-17(4-2)16-24-21(26)14-8-15-25-20-13-7-11-18-10-6-12-19(22(18)20)23(25)27/h6-7,10-13,17H,3-5,8-9,14-16H2,1-2H3,(H,24,26)/t17-/m1/s1. The van der Waals surface area contributed by atoms with Crippen LogP contribution < -0.4 is 10.2 Å². The van der Waals surface area contributed by atoms with Gasteiger partial charge in [-0.05, 0) is 36.3 Å². The van der Waals surface area contributed by atoms with Crippen LogP contribution in [-0.4, -0.2) is 24.9 Å². The summed E-state index contributed by atoms with van der Waals surface area (Å²) in [6, 6.07) is 11.9. The summed E-state index contributed by atoms with van der Waals surface area (Å²) < 4.78 is 0. The Kier molecular flexibility index (Phi) is 6.49. The lowest BCUT2D eigenvalue weighted by atomic mass is 9.99. The fraction of sp³-hybridized carbons (Fsp3) is 0.478. The Morgan fingerprint density at radius 1 is 1.11 bits per heavy atom. The van der Waals surface area contributed by atoms with E-state index >= 15 is 0 Å². The zero-order valence-corrected chi connectivity index (χ0v) is 16.5. The Balaban J connectivity index is 1.51. The molecule has 0 unspecified atom stereocenters. The largest absolute Gasteiger partial charge is 0.356 e. The zero-order valence-electron chi connectivity index (χ0n) is 16.5. The molecule has 0 aromatic heterocycles. The molecule has 1 N–H and O–H groups in total. The summed E-state index contributed by atoms with van der Waals surface area (Å²) in [5.41, 5.74) is 1.74. The van der Waals surface area contributed by atoms with Gasteiger partial charge in [-0.25, -0.2) is 0 Å². The van der Waals surface area contributed by atoms with E-state index in [1.165, 1.54) is 19.3 Å². The van der Waals surface area contributed by atoms with Gasteiger partial charge in [0.05, 0.1) is 5.69 Å². The molecule has 4 nitrogen and oxygen atoms in total. The van der Waals surface area contributed by atoms with Gasteiger partial charge in [-0.2, -0.15) is 0 Å². The predicted octanol–water partition coefficient (Wildman–Crippen LogP) is 4.91. The quantitative estimate of drug-likeness (QED) is 0.649. The predicted molar refractivity (Wildman–Crippen MR) is 111 cm³/mol. The van der Waals surface area contributed by atoms with Crippen molar-refractivity contribution in [3.8, 4) is 0 Å². The number of carbonyl (C=O) groups is 2. The normalized spacial score (nSPS) is 14.0. The van der Waals surface area contributed by atoms with Crippen molar-refractivity contribution in [3.05, 3.63) is 42.0 Å². The van der Waals surface area contributed by atoms with Gasteiger partial charge in [-0.1, -0.05) is 57.4 Å². The van der Waals surface area contributed by atoms with Gasteiger partial charge in [0.2, 0.25) is 5.91 Å². The van der Waals surface area contributed by atoms with Crippen LogP contribution in [-0.2, 0) is 4.79 Å². The number of benzene rings is 2. The summed E-state index contributed by atoms with van der Waals surface area (Å²) in [4.78, 5) is 26.7. The van der Waals surface area contributed by atoms with Gasteiger partial charge in [0, 0.05) is 30.5 Å². The minimum atomic E-state index is 0.0489. The molecule has 1 heterocycles. The Bertz CT molecular complexity index is 810. The third-order valence-corrected chi connectivity index (χ3v) is 5.57. The van der Waals surface area contributed by atoms with Gasteiger partial charge in [0.25, 0.3) is 5.91 Å². The molecule has 2 amide bonds. The molecule has 0 spiro atoms. The first-order chi connectivity index (χ1) is 13.2. The van der Waals surface area contributed by atoms with Crippen LogP contribution in [0.15, 0.2) is 36.4 Å². The summed E-state index contributed by atoms with van der Waals surface area (Å²) in [5, 5.41) is 5.21. The van der Waals surface area contributed by atoms with Crippen LogP contribution in [0.3, 0.4) is 0 Å². The van der Waals surface area contributed by atoms with Crippen LogP contribution in [0, 0.1) is 5.92 Å². The Morgan fingerprint density at radius 3 is 2.63 bits per heavy atom. The molecule has 0 fully saturated rings. The van der Waals surface area contributed by atoms with Crippen molar-refractivity contribution in [1.82, 2.24) is 5.32 Å². The molecule has 2 aromatic carbocycles.